The van der Waals surface area contributed by atoms with Gasteiger partial charge in [0.05, 0.1) is 10.6 Å². The van der Waals surface area contributed by atoms with Gasteiger partial charge in [0, 0.05) is 18.1 Å². The fraction of sp³-hybridized carbons (Fsp3) is 0.182. The standard InChI is InChI=1S/C11H12Cl2N2O/c12-8-3-4-10(13)9(7-8)11(16)15-6-2-1-5-14/h1-4,7H,5-6,14H2,(H,15,16)/b2-1+. The molecule has 86 valence electrons. The minimum Gasteiger partial charge on any atom is -0.349 e. The van der Waals surface area contributed by atoms with Crippen molar-refractivity contribution in [2.24, 2.45) is 5.73 Å². The molecule has 5 heteroatoms. The second kappa shape index (κ2) is 6.53. The molecule has 1 amide bonds. The molecule has 0 aliphatic rings. The number of amides is 1. The molecule has 0 radical (unpaired) electrons. The Morgan fingerprint density at radius 2 is 2.12 bits per heavy atom. The molecule has 0 heterocycles. The summed E-state index contributed by atoms with van der Waals surface area (Å²) in [4.78, 5) is 11.7. The number of carbonyl (C=O) groups excluding carboxylic acids is 1. The van der Waals surface area contributed by atoms with E-state index in [0.29, 0.717) is 28.7 Å². The smallest absolute Gasteiger partial charge is 0.253 e. The molecule has 3 nitrogen and oxygen atoms in total. The average molecular weight is 259 g/mol. The lowest BCUT2D eigenvalue weighted by molar-refractivity contribution is 0.0958. The minimum atomic E-state index is -0.255. The molecule has 0 saturated heterocycles. The van der Waals surface area contributed by atoms with Crippen LogP contribution < -0.4 is 11.1 Å². The van der Waals surface area contributed by atoms with E-state index in [4.69, 9.17) is 28.9 Å². The summed E-state index contributed by atoms with van der Waals surface area (Å²) in [5.41, 5.74) is 5.63. The van der Waals surface area contributed by atoms with E-state index in [0.717, 1.165) is 0 Å². The summed E-state index contributed by atoms with van der Waals surface area (Å²) >= 11 is 11.6. The normalized spacial score (nSPS) is 10.7. The highest BCUT2D eigenvalue weighted by Crippen LogP contribution is 2.20. The van der Waals surface area contributed by atoms with Gasteiger partial charge >= 0.3 is 0 Å². The maximum atomic E-state index is 11.7. The van der Waals surface area contributed by atoms with Crippen LogP contribution in [0.25, 0.3) is 0 Å². The Morgan fingerprint density at radius 3 is 2.81 bits per heavy atom. The predicted octanol–water partition coefficient (Wildman–Crippen LogP) is 2.24. The molecule has 0 aliphatic heterocycles. The fourth-order valence-corrected chi connectivity index (χ4v) is 1.47. The van der Waals surface area contributed by atoms with Crippen LogP contribution in [0.1, 0.15) is 10.4 Å². The highest BCUT2D eigenvalue weighted by molar-refractivity contribution is 6.35. The first-order valence-corrected chi connectivity index (χ1v) is 5.49. The number of hydrogen-bond donors (Lipinski definition) is 2. The lowest BCUT2D eigenvalue weighted by atomic mass is 10.2. The molecule has 1 aromatic rings. The van der Waals surface area contributed by atoms with Crippen molar-refractivity contribution < 1.29 is 4.79 Å². The van der Waals surface area contributed by atoms with Crippen molar-refractivity contribution in [3.8, 4) is 0 Å². The van der Waals surface area contributed by atoms with Crippen molar-refractivity contribution in [3.63, 3.8) is 0 Å². The Kier molecular flexibility index (Phi) is 5.32. The number of nitrogens with one attached hydrogen (secondary N) is 1. The number of halogens is 2. The van der Waals surface area contributed by atoms with Gasteiger partial charge in [-0.05, 0) is 18.2 Å². The maximum absolute atomic E-state index is 11.7. The molecule has 16 heavy (non-hydrogen) atoms. The summed E-state index contributed by atoms with van der Waals surface area (Å²) in [5, 5.41) is 3.54. The molecule has 0 aromatic heterocycles. The van der Waals surface area contributed by atoms with Gasteiger partial charge in [0.2, 0.25) is 0 Å². The topological polar surface area (TPSA) is 55.1 Å². The van der Waals surface area contributed by atoms with Gasteiger partial charge in [-0.25, -0.2) is 0 Å². The third-order valence-electron chi connectivity index (χ3n) is 1.86. The number of benzene rings is 1. The Morgan fingerprint density at radius 1 is 1.38 bits per heavy atom. The van der Waals surface area contributed by atoms with E-state index in [9.17, 15) is 4.79 Å². The summed E-state index contributed by atoms with van der Waals surface area (Å²) in [6.07, 6.45) is 3.54. The fourth-order valence-electron chi connectivity index (χ4n) is 1.10. The first-order valence-electron chi connectivity index (χ1n) is 4.73. The monoisotopic (exact) mass is 258 g/mol. The Hall–Kier alpha value is -1.03. The van der Waals surface area contributed by atoms with Crippen LogP contribution in [0.4, 0.5) is 0 Å². The summed E-state index contributed by atoms with van der Waals surface area (Å²) in [6.45, 7) is 0.868. The van der Waals surface area contributed by atoms with E-state index >= 15 is 0 Å². The van der Waals surface area contributed by atoms with Crippen molar-refractivity contribution in [2.75, 3.05) is 13.1 Å². The molecule has 0 fully saturated rings. The van der Waals surface area contributed by atoms with Gasteiger partial charge in [-0.3, -0.25) is 4.79 Å². The van der Waals surface area contributed by atoms with Gasteiger partial charge in [0.25, 0.3) is 5.91 Å². The van der Waals surface area contributed by atoms with E-state index in [1.807, 2.05) is 0 Å². The van der Waals surface area contributed by atoms with Gasteiger partial charge < -0.3 is 11.1 Å². The first-order chi connectivity index (χ1) is 7.65. The van der Waals surface area contributed by atoms with Gasteiger partial charge in [-0.2, -0.15) is 0 Å². The summed E-state index contributed by atoms with van der Waals surface area (Å²) in [7, 11) is 0. The molecule has 0 aliphatic carbocycles. The van der Waals surface area contributed by atoms with Gasteiger partial charge in [0.1, 0.15) is 0 Å². The van der Waals surface area contributed by atoms with Gasteiger partial charge in [-0.1, -0.05) is 35.4 Å². The van der Waals surface area contributed by atoms with Crippen molar-refractivity contribution in [2.45, 2.75) is 0 Å². The van der Waals surface area contributed by atoms with Crippen LogP contribution in [0.2, 0.25) is 10.0 Å². The Balaban J connectivity index is 2.65. The largest absolute Gasteiger partial charge is 0.349 e. The van der Waals surface area contributed by atoms with Crippen molar-refractivity contribution in [1.82, 2.24) is 5.32 Å². The zero-order valence-electron chi connectivity index (χ0n) is 8.54. The molecule has 0 saturated carbocycles. The first kappa shape index (κ1) is 13.0. The zero-order chi connectivity index (χ0) is 12.0. The molecule has 1 aromatic carbocycles. The van der Waals surface area contributed by atoms with E-state index in [-0.39, 0.29) is 5.91 Å². The number of nitrogens with two attached hydrogens (primary N) is 1. The zero-order valence-corrected chi connectivity index (χ0v) is 10.1. The molecule has 0 spiro atoms. The third kappa shape index (κ3) is 3.85. The highest BCUT2D eigenvalue weighted by Gasteiger charge is 2.09. The lowest BCUT2D eigenvalue weighted by Crippen LogP contribution is -2.23. The van der Waals surface area contributed by atoms with E-state index in [1.165, 1.54) is 6.07 Å². The quantitative estimate of drug-likeness (QED) is 0.815. The predicted molar refractivity (Wildman–Crippen MR) is 67.0 cm³/mol. The van der Waals surface area contributed by atoms with Crippen LogP contribution in [-0.4, -0.2) is 19.0 Å². The lowest BCUT2D eigenvalue weighted by Gasteiger charge is -2.04. The van der Waals surface area contributed by atoms with E-state index < -0.39 is 0 Å². The highest BCUT2D eigenvalue weighted by atomic mass is 35.5. The summed E-state index contributed by atoms with van der Waals surface area (Å²) in [5.74, 6) is -0.255. The molecular weight excluding hydrogens is 247 g/mol. The van der Waals surface area contributed by atoms with Gasteiger partial charge in [-0.15, -0.1) is 0 Å². The number of carbonyl (C=O) groups is 1. The van der Waals surface area contributed by atoms with Crippen molar-refractivity contribution >= 4 is 29.1 Å². The van der Waals surface area contributed by atoms with Crippen LogP contribution in [-0.2, 0) is 0 Å². The molecule has 0 atom stereocenters. The molecule has 3 N–H and O–H groups in total. The van der Waals surface area contributed by atoms with Crippen LogP contribution in [0, 0.1) is 0 Å². The van der Waals surface area contributed by atoms with Crippen LogP contribution in [0.5, 0.6) is 0 Å². The third-order valence-corrected chi connectivity index (χ3v) is 2.42. The second-order valence-corrected chi connectivity index (χ2v) is 3.88. The van der Waals surface area contributed by atoms with Crippen molar-refractivity contribution in [3.05, 3.63) is 46.0 Å². The van der Waals surface area contributed by atoms with E-state index in [1.54, 1.807) is 24.3 Å². The van der Waals surface area contributed by atoms with Crippen LogP contribution in [0.15, 0.2) is 30.4 Å². The number of hydrogen-bond acceptors (Lipinski definition) is 2. The van der Waals surface area contributed by atoms with Crippen LogP contribution >= 0.6 is 23.2 Å². The summed E-state index contributed by atoms with van der Waals surface area (Å²) in [6, 6.07) is 4.76. The Bertz CT molecular complexity index is 405. The minimum absolute atomic E-state index is 0.255. The SMILES string of the molecule is NC/C=C/CNC(=O)c1cc(Cl)ccc1Cl. The summed E-state index contributed by atoms with van der Waals surface area (Å²) < 4.78 is 0. The molecule has 1 rings (SSSR count). The Labute approximate surface area is 104 Å². The molecular formula is C11H12Cl2N2O. The molecule has 0 unspecified atom stereocenters. The van der Waals surface area contributed by atoms with Crippen LogP contribution in [0.3, 0.4) is 0 Å². The maximum Gasteiger partial charge on any atom is 0.253 e. The van der Waals surface area contributed by atoms with E-state index in [2.05, 4.69) is 5.32 Å². The van der Waals surface area contributed by atoms with Crippen molar-refractivity contribution in [1.29, 1.82) is 0 Å². The van der Waals surface area contributed by atoms with Gasteiger partial charge in [0.15, 0.2) is 0 Å². The number of rotatable bonds is 4. The molecule has 0 bridgehead atoms. The second-order valence-electron chi connectivity index (χ2n) is 3.04. The average Bonchev–Trinajstić information content (AvgIpc) is 2.27.